The van der Waals surface area contributed by atoms with Crippen LogP contribution in [0.5, 0.6) is 0 Å². The highest BCUT2D eigenvalue weighted by atomic mass is 16.5. The molecule has 1 aliphatic rings. The molecule has 2 N–H and O–H groups in total. The number of nitrogens with zero attached hydrogens (tertiary/aromatic N) is 1. The highest BCUT2D eigenvalue weighted by molar-refractivity contribution is 6.09. The summed E-state index contributed by atoms with van der Waals surface area (Å²) < 4.78 is 6.22. The average molecular weight is 483 g/mol. The quantitative estimate of drug-likeness (QED) is 0.463. The van der Waals surface area contributed by atoms with Crippen LogP contribution >= 0.6 is 0 Å². The van der Waals surface area contributed by atoms with Crippen LogP contribution in [-0.2, 0) is 24.7 Å². The number of benzene rings is 2. The minimum atomic E-state index is -1.51. The number of hydrogen-bond donors (Lipinski definition) is 2. The lowest BCUT2D eigenvalue weighted by molar-refractivity contribution is -0.896. The van der Waals surface area contributed by atoms with Gasteiger partial charge in [-0.3, -0.25) is 4.79 Å². The average Bonchev–Trinajstić information content (AvgIpc) is 3.10. The Morgan fingerprint density at radius 3 is 2.20 bits per heavy atom. The van der Waals surface area contributed by atoms with Gasteiger partial charge < -0.3 is 29.5 Å². The molecule has 35 heavy (non-hydrogen) atoms. The largest absolute Gasteiger partial charge is 0.545 e. The van der Waals surface area contributed by atoms with Crippen LogP contribution in [0.25, 0.3) is 0 Å². The Kier molecular flexibility index (Phi) is 10.6. The van der Waals surface area contributed by atoms with Crippen LogP contribution in [-0.4, -0.2) is 55.7 Å². The summed E-state index contributed by atoms with van der Waals surface area (Å²) in [5.74, 6) is -2.77. The Morgan fingerprint density at radius 1 is 1.03 bits per heavy atom. The van der Waals surface area contributed by atoms with Gasteiger partial charge in [0.2, 0.25) is 0 Å². The fraction of sp³-hybridized carbons (Fsp3) is 0.370. The molecule has 2 aromatic carbocycles. The van der Waals surface area contributed by atoms with E-state index in [-0.39, 0.29) is 5.91 Å². The molecule has 0 fully saturated rings. The van der Waals surface area contributed by atoms with Crippen molar-refractivity contribution in [2.45, 2.75) is 32.8 Å². The third-order valence-corrected chi connectivity index (χ3v) is 5.94. The van der Waals surface area contributed by atoms with Gasteiger partial charge in [0.1, 0.15) is 0 Å². The maximum Gasteiger partial charge on any atom is 0.328 e. The van der Waals surface area contributed by atoms with E-state index in [9.17, 15) is 19.5 Å². The third kappa shape index (κ3) is 6.77. The second-order valence-corrected chi connectivity index (χ2v) is 8.01. The van der Waals surface area contributed by atoms with Gasteiger partial charge >= 0.3 is 5.97 Å². The van der Waals surface area contributed by atoms with Crippen LogP contribution in [0.2, 0.25) is 0 Å². The summed E-state index contributed by atoms with van der Waals surface area (Å²) in [5.41, 5.74) is 1.81. The van der Waals surface area contributed by atoms with Gasteiger partial charge in [0.05, 0.1) is 31.3 Å². The van der Waals surface area contributed by atoms with Gasteiger partial charge in [-0.25, -0.2) is 4.79 Å². The van der Waals surface area contributed by atoms with Crippen molar-refractivity contribution in [2.24, 2.45) is 0 Å². The fourth-order valence-corrected chi connectivity index (χ4v) is 4.26. The smallest absolute Gasteiger partial charge is 0.328 e. The van der Waals surface area contributed by atoms with Gasteiger partial charge in [-0.05, 0) is 38.5 Å². The highest BCUT2D eigenvalue weighted by Crippen LogP contribution is 2.46. The van der Waals surface area contributed by atoms with E-state index in [1.54, 1.807) is 4.90 Å². The SMILES string of the molecule is CCOC1(c2ccccc2)C(=O)N(CCC[NH+](CC)CC)c2ccccc21.O=C([O-])/C=C/C(=O)O. The molecule has 1 aliphatic heterocycles. The van der Waals surface area contributed by atoms with Crippen LogP contribution in [0.3, 0.4) is 0 Å². The van der Waals surface area contributed by atoms with Gasteiger partial charge in [0.25, 0.3) is 5.91 Å². The minimum absolute atomic E-state index is 0.0336. The Morgan fingerprint density at radius 2 is 1.66 bits per heavy atom. The van der Waals surface area contributed by atoms with Crippen LogP contribution < -0.4 is 14.9 Å². The third-order valence-electron chi connectivity index (χ3n) is 5.94. The molecule has 0 saturated heterocycles. The molecule has 0 aliphatic carbocycles. The molecule has 2 aromatic rings. The molecule has 3 rings (SSSR count). The number of para-hydroxylation sites is 1. The zero-order valence-electron chi connectivity index (χ0n) is 20.5. The molecule has 0 bridgehead atoms. The zero-order chi connectivity index (χ0) is 25.8. The van der Waals surface area contributed by atoms with Gasteiger partial charge in [-0.15, -0.1) is 0 Å². The number of aliphatic carboxylic acids is 2. The summed E-state index contributed by atoms with van der Waals surface area (Å²) in [5, 5.41) is 17.2. The summed E-state index contributed by atoms with van der Waals surface area (Å²) in [6, 6.07) is 18.0. The van der Waals surface area contributed by atoms with E-state index in [4.69, 9.17) is 9.84 Å². The summed E-state index contributed by atoms with van der Waals surface area (Å²) in [4.78, 5) is 36.1. The monoisotopic (exact) mass is 482 g/mol. The van der Waals surface area contributed by atoms with Crippen molar-refractivity contribution in [2.75, 3.05) is 37.7 Å². The number of anilines is 1. The Hall–Kier alpha value is -3.49. The lowest BCUT2D eigenvalue weighted by atomic mass is 9.87. The van der Waals surface area contributed by atoms with E-state index in [1.165, 1.54) is 0 Å². The molecule has 8 heteroatoms. The van der Waals surface area contributed by atoms with Crippen LogP contribution in [0, 0.1) is 0 Å². The number of rotatable bonds is 11. The van der Waals surface area contributed by atoms with Gasteiger partial charge in [-0.1, -0.05) is 48.5 Å². The molecule has 0 spiro atoms. The number of hydrogen-bond acceptors (Lipinski definition) is 5. The van der Waals surface area contributed by atoms with Gasteiger partial charge in [-0.2, -0.15) is 0 Å². The molecular weight excluding hydrogens is 448 g/mol. The first kappa shape index (κ1) is 27.8. The number of carbonyl (C=O) groups excluding carboxylic acids is 2. The second kappa shape index (κ2) is 13.4. The van der Waals surface area contributed by atoms with Crippen molar-refractivity contribution in [3.05, 3.63) is 77.9 Å². The summed E-state index contributed by atoms with van der Waals surface area (Å²) in [6.45, 7) is 10.9. The zero-order valence-corrected chi connectivity index (χ0v) is 20.5. The molecule has 1 atom stereocenters. The summed E-state index contributed by atoms with van der Waals surface area (Å²) in [7, 11) is 0. The molecule has 188 valence electrons. The molecule has 8 nitrogen and oxygen atoms in total. The minimum Gasteiger partial charge on any atom is -0.545 e. The molecule has 1 amide bonds. The number of carboxylic acids is 2. The number of carbonyl (C=O) groups is 3. The van der Waals surface area contributed by atoms with Crippen LogP contribution in [0.4, 0.5) is 5.69 Å². The lowest BCUT2D eigenvalue weighted by Crippen LogP contribution is -3.11. The van der Waals surface area contributed by atoms with Crippen molar-refractivity contribution in [1.82, 2.24) is 0 Å². The van der Waals surface area contributed by atoms with Crippen LogP contribution in [0.1, 0.15) is 38.3 Å². The lowest BCUT2D eigenvalue weighted by Gasteiger charge is -2.29. The first-order valence-electron chi connectivity index (χ1n) is 11.9. The molecule has 0 radical (unpaired) electrons. The number of carboxylic acid groups (broad SMARTS) is 2. The fourth-order valence-electron chi connectivity index (χ4n) is 4.26. The predicted molar refractivity (Wildman–Crippen MR) is 131 cm³/mol. The Labute approximate surface area is 206 Å². The van der Waals surface area contributed by atoms with Crippen molar-refractivity contribution in [3.8, 4) is 0 Å². The van der Waals surface area contributed by atoms with E-state index in [0.29, 0.717) is 18.8 Å². The first-order valence-corrected chi connectivity index (χ1v) is 11.9. The first-order chi connectivity index (χ1) is 16.8. The summed E-state index contributed by atoms with van der Waals surface area (Å²) >= 11 is 0. The maximum absolute atomic E-state index is 13.7. The van der Waals surface area contributed by atoms with Gasteiger partial charge in [0.15, 0.2) is 5.60 Å². The number of ether oxygens (including phenoxy) is 1. The topological polar surface area (TPSA) is 111 Å². The van der Waals surface area contributed by atoms with E-state index in [1.807, 2.05) is 66.4 Å². The van der Waals surface area contributed by atoms with E-state index >= 15 is 0 Å². The molecule has 0 aromatic heterocycles. The normalized spacial score (nSPS) is 16.8. The Balaban J connectivity index is 0.000000466. The van der Waals surface area contributed by atoms with Crippen molar-refractivity contribution >= 4 is 23.5 Å². The number of fused-ring (bicyclic) bond motifs is 1. The van der Waals surface area contributed by atoms with Gasteiger partial charge in [0, 0.05) is 31.2 Å². The predicted octanol–water partition coefficient (Wildman–Crippen LogP) is 1.01. The second-order valence-electron chi connectivity index (χ2n) is 8.01. The number of quaternary nitrogens is 1. The van der Waals surface area contributed by atoms with Crippen molar-refractivity contribution in [3.63, 3.8) is 0 Å². The maximum atomic E-state index is 13.7. The highest BCUT2D eigenvalue weighted by Gasteiger charge is 2.52. The number of nitrogens with one attached hydrogen (secondary N) is 1. The Bertz CT molecular complexity index is 1000. The molecule has 1 unspecified atom stereocenters. The van der Waals surface area contributed by atoms with E-state index in [0.717, 1.165) is 49.4 Å². The van der Waals surface area contributed by atoms with E-state index in [2.05, 4.69) is 13.8 Å². The number of amides is 1. The van der Waals surface area contributed by atoms with E-state index < -0.39 is 17.5 Å². The molecular formula is C27H34N2O6. The standard InChI is InChI=1S/C23H30N2O2.C4H4O4/c1-4-24(5-2)17-12-18-25-21-16-11-10-15-20(21)23(22(25)26,27-6-3)19-13-8-7-9-14-19;5-3(6)1-2-4(7)8/h7-11,13-16H,4-6,12,17-18H2,1-3H3;1-2H,(H,5,6)(H,7,8)/b;2-1+. The molecule has 0 saturated carbocycles. The summed E-state index contributed by atoms with van der Waals surface area (Å²) in [6.07, 6.45) is 1.92. The van der Waals surface area contributed by atoms with Crippen molar-refractivity contribution in [1.29, 1.82) is 0 Å². The van der Waals surface area contributed by atoms with Crippen LogP contribution in [0.15, 0.2) is 66.7 Å². The van der Waals surface area contributed by atoms with Crippen molar-refractivity contribution < 1.29 is 34.2 Å². The molecule has 1 heterocycles.